The zero-order chi connectivity index (χ0) is 16.8. The van der Waals surface area contributed by atoms with Crippen molar-refractivity contribution in [2.24, 2.45) is 5.41 Å². The summed E-state index contributed by atoms with van der Waals surface area (Å²) in [5.41, 5.74) is -0.546. The van der Waals surface area contributed by atoms with Gasteiger partial charge in [-0.25, -0.2) is 4.39 Å². The van der Waals surface area contributed by atoms with Gasteiger partial charge in [0.25, 0.3) is 0 Å². The van der Waals surface area contributed by atoms with Crippen LogP contribution in [0.15, 0.2) is 18.2 Å². The molecule has 0 heterocycles. The van der Waals surface area contributed by atoms with E-state index < -0.39 is 17.2 Å². The van der Waals surface area contributed by atoms with Gasteiger partial charge in [0.15, 0.2) is 0 Å². The van der Waals surface area contributed by atoms with Crippen LogP contribution in [0.25, 0.3) is 0 Å². The van der Waals surface area contributed by atoms with Gasteiger partial charge in [-0.15, -0.1) is 0 Å². The lowest BCUT2D eigenvalue weighted by Crippen LogP contribution is -2.42. The maximum absolute atomic E-state index is 13.3. The van der Waals surface area contributed by atoms with E-state index >= 15 is 0 Å². The Morgan fingerprint density at radius 3 is 2.45 bits per heavy atom. The number of carbonyl (C=O) groups excluding carboxylic acids is 1. The lowest BCUT2D eigenvalue weighted by atomic mass is 9.82. The minimum Gasteiger partial charge on any atom is -0.496 e. The van der Waals surface area contributed by atoms with Gasteiger partial charge in [-0.3, -0.25) is 9.59 Å². The number of methoxy groups -OCH3 is 1. The van der Waals surface area contributed by atoms with Gasteiger partial charge in [-0.1, -0.05) is 13.8 Å². The lowest BCUT2D eigenvalue weighted by Gasteiger charge is -2.26. The quantitative estimate of drug-likeness (QED) is 0.773. The Balaban J connectivity index is 2.75. The summed E-state index contributed by atoms with van der Waals surface area (Å²) in [7, 11) is 1.44. The number of aliphatic carboxylic acids is 1. The van der Waals surface area contributed by atoms with Crippen molar-refractivity contribution in [1.29, 1.82) is 0 Å². The Labute approximate surface area is 129 Å². The molecule has 1 amide bonds. The van der Waals surface area contributed by atoms with Crippen LogP contribution in [0.3, 0.4) is 0 Å². The van der Waals surface area contributed by atoms with Crippen LogP contribution >= 0.6 is 0 Å². The topological polar surface area (TPSA) is 75.6 Å². The van der Waals surface area contributed by atoms with E-state index in [9.17, 15) is 19.1 Å². The molecule has 2 N–H and O–H groups in total. The number of rotatable bonds is 8. The van der Waals surface area contributed by atoms with Gasteiger partial charge >= 0.3 is 5.97 Å². The Bertz CT molecular complexity index is 541. The second kappa shape index (κ2) is 7.77. The molecule has 0 unspecified atom stereocenters. The number of hydrogen-bond acceptors (Lipinski definition) is 3. The molecule has 0 spiro atoms. The maximum atomic E-state index is 13.3. The summed E-state index contributed by atoms with van der Waals surface area (Å²) in [4.78, 5) is 23.4. The standard InChI is InChI=1S/C16H22FNO4/c1-4-16(5-2,15(20)21)10-18-14(19)9-11-8-12(17)6-7-13(11)22-3/h6-8H,4-5,9-10H2,1-3H3,(H,18,19)(H,20,21). The highest BCUT2D eigenvalue weighted by atomic mass is 19.1. The monoisotopic (exact) mass is 311 g/mol. The van der Waals surface area contributed by atoms with E-state index in [1.807, 2.05) is 0 Å². The Hall–Kier alpha value is -2.11. The van der Waals surface area contributed by atoms with Crippen LogP contribution in [0.1, 0.15) is 32.3 Å². The molecule has 122 valence electrons. The average Bonchev–Trinajstić information content (AvgIpc) is 2.48. The van der Waals surface area contributed by atoms with Crippen molar-refractivity contribution in [3.05, 3.63) is 29.6 Å². The number of halogens is 1. The van der Waals surface area contributed by atoms with Gasteiger partial charge in [0.2, 0.25) is 5.91 Å². The molecule has 0 bridgehead atoms. The van der Waals surface area contributed by atoms with Crippen LogP contribution in [0.2, 0.25) is 0 Å². The molecule has 0 saturated heterocycles. The molecular weight excluding hydrogens is 289 g/mol. The van der Waals surface area contributed by atoms with Crippen LogP contribution < -0.4 is 10.1 Å². The van der Waals surface area contributed by atoms with Crippen molar-refractivity contribution in [3.63, 3.8) is 0 Å². The summed E-state index contributed by atoms with van der Waals surface area (Å²) >= 11 is 0. The third kappa shape index (κ3) is 4.19. The molecule has 5 nitrogen and oxygen atoms in total. The van der Waals surface area contributed by atoms with E-state index in [0.717, 1.165) is 0 Å². The lowest BCUT2D eigenvalue weighted by molar-refractivity contribution is -0.149. The third-order valence-electron chi connectivity index (χ3n) is 4.02. The summed E-state index contributed by atoms with van der Waals surface area (Å²) in [6.45, 7) is 3.60. The number of carboxylic acid groups (broad SMARTS) is 1. The molecule has 0 radical (unpaired) electrons. The number of nitrogens with one attached hydrogen (secondary N) is 1. The fraction of sp³-hybridized carbons (Fsp3) is 0.500. The number of carboxylic acids is 1. The molecule has 0 aromatic heterocycles. The molecule has 0 aliphatic carbocycles. The molecule has 0 aliphatic heterocycles. The van der Waals surface area contributed by atoms with Crippen LogP contribution in [-0.2, 0) is 16.0 Å². The van der Waals surface area contributed by atoms with Crippen LogP contribution in [0, 0.1) is 11.2 Å². The molecule has 1 aromatic rings. The van der Waals surface area contributed by atoms with E-state index in [1.165, 1.54) is 25.3 Å². The van der Waals surface area contributed by atoms with Crippen molar-refractivity contribution < 1.29 is 23.8 Å². The molecule has 6 heteroatoms. The molecule has 0 fully saturated rings. The first-order valence-corrected chi connectivity index (χ1v) is 7.21. The fourth-order valence-electron chi connectivity index (χ4n) is 2.27. The molecule has 1 rings (SSSR count). The normalized spacial score (nSPS) is 11.1. The number of ether oxygens (including phenoxy) is 1. The number of amides is 1. The first-order valence-electron chi connectivity index (χ1n) is 7.21. The van der Waals surface area contributed by atoms with Crippen molar-refractivity contribution in [1.82, 2.24) is 5.32 Å². The summed E-state index contributed by atoms with van der Waals surface area (Å²) in [6.07, 6.45) is 0.773. The van der Waals surface area contributed by atoms with E-state index in [0.29, 0.717) is 24.2 Å². The predicted octanol–water partition coefficient (Wildman–Crippen LogP) is 2.38. The molecule has 0 atom stereocenters. The highest BCUT2D eigenvalue weighted by molar-refractivity contribution is 5.81. The zero-order valence-corrected chi connectivity index (χ0v) is 13.1. The van der Waals surface area contributed by atoms with Gasteiger partial charge in [-0.2, -0.15) is 0 Å². The zero-order valence-electron chi connectivity index (χ0n) is 13.1. The minimum atomic E-state index is -0.971. The first-order chi connectivity index (χ1) is 10.4. The molecular formula is C16H22FNO4. The minimum absolute atomic E-state index is 0.0474. The number of carbonyl (C=O) groups is 2. The third-order valence-corrected chi connectivity index (χ3v) is 4.02. The first kappa shape index (κ1) is 17.9. The van der Waals surface area contributed by atoms with Crippen molar-refractivity contribution >= 4 is 11.9 Å². The van der Waals surface area contributed by atoms with E-state index in [1.54, 1.807) is 13.8 Å². The highest BCUT2D eigenvalue weighted by Crippen LogP contribution is 2.26. The van der Waals surface area contributed by atoms with Crippen molar-refractivity contribution in [2.75, 3.05) is 13.7 Å². The van der Waals surface area contributed by atoms with Crippen LogP contribution in [0.5, 0.6) is 5.75 Å². The van der Waals surface area contributed by atoms with Crippen LogP contribution in [0.4, 0.5) is 4.39 Å². The van der Waals surface area contributed by atoms with Crippen molar-refractivity contribution in [3.8, 4) is 5.75 Å². The van der Waals surface area contributed by atoms with Gasteiger partial charge < -0.3 is 15.2 Å². The highest BCUT2D eigenvalue weighted by Gasteiger charge is 2.35. The summed E-state index contributed by atoms with van der Waals surface area (Å²) in [6, 6.07) is 3.95. The van der Waals surface area contributed by atoms with E-state index in [4.69, 9.17) is 4.74 Å². The predicted molar refractivity (Wildman–Crippen MR) is 80.3 cm³/mol. The smallest absolute Gasteiger partial charge is 0.311 e. The average molecular weight is 311 g/mol. The second-order valence-electron chi connectivity index (χ2n) is 5.20. The summed E-state index contributed by atoms with van der Waals surface area (Å²) in [5.74, 6) is -1.32. The second-order valence-corrected chi connectivity index (χ2v) is 5.20. The van der Waals surface area contributed by atoms with E-state index in [-0.39, 0.29) is 18.9 Å². The van der Waals surface area contributed by atoms with Gasteiger partial charge in [0, 0.05) is 12.1 Å². The molecule has 22 heavy (non-hydrogen) atoms. The Morgan fingerprint density at radius 2 is 1.95 bits per heavy atom. The SMILES string of the molecule is CCC(CC)(CNC(=O)Cc1cc(F)ccc1OC)C(=O)O. The van der Waals surface area contributed by atoms with Crippen LogP contribution in [-0.4, -0.2) is 30.6 Å². The number of hydrogen-bond donors (Lipinski definition) is 2. The summed E-state index contributed by atoms with van der Waals surface area (Å²) in [5, 5.41) is 12.0. The largest absolute Gasteiger partial charge is 0.496 e. The number of benzene rings is 1. The molecule has 0 saturated carbocycles. The fourth-order valence-corrected chi connectivity index (χ4v) is 2.27. The summed E-state index contributed by atoms with van der Waals surface area (Å²) < 4.78 is 18.3. The Morgan fingerprint density at radius 1 is 1.32 bits per heavy atom. The van der Waals surface area contributed by atoms with Gasteiger partial charge in [0.1, 0.15) is 11.6 Å². The van der Waals surface area contributed by atoms with Crippen molar-refractivity contribution in [2.45, 2.75) is 33.1 Å². The maximum Gasteiger partial charge on any atom is 0.311 e. The van der Waals surface area contributed by atoms with Gasteiger partial charge in [0.05, 0.1) is 18.9 Å². The molecule has 0 aliphatic rings. The van der Waals surface area contributed by atoms with E-state index in [2.05, 4.69) is 5.32 Å². The molecule has 1 aromatic carbocycles. The van der Waals surface area contributed by atoms with Gasteiger partial charge in [-0.05, 0) is 31.0 Å². The Kier molecular flexibility index (Phi) is 6.34.